The van der Waals surface area contributed by atoms with E-state index in [1.807, 2.05) is 6.92 Å². The first-order chi connectivity index (χ1) is 12.5. The lowest BCUT2D eigenvalue weighted by molar-refractivity contribution is -0.119. The van der Waals surface area contributed by atoms with Gasteiger partial charge in [0.15, 0.2) is 5.96 Å². The molecule has 26 heavy (non-hydrogen) atoms. The van der Waals surface area contributed by atoms with Crippen LogP contribution >= 0.6 is 0 Å². The minimum Gasteiger partial charge on any atom is -0.496 e. The van der Waals surface area contributed by atoms with Crippen LogP contribution < -0.4 is 21.1 Å². The molecule has 1 amide bonds. The van der Waals surface area contributed by atoms with Crippen LogP contribution in [0.4, 0.5) is 0 Å². The molecule has 1 aliphatic heterocycles. The largest absolute Gasteiger partial charge is 0.496 e. The lowest BCUT2D eigenvalue weighted by Crippen LogP contribution is -2.50. The average Bonchev–Trinajstić information content (AvgIpc) is 2.63. The molecule has 0 aromatic heterocycles. The number of nitrogens with two attached hydrogens (primary N) is 1. The van der Waals surface area contributed by atoms with E-state index in [1.165, 1.54) is 5.56 Å². The number of aliphatic imine (C=N–C) groups is 1. The van der Waals surface area contributed by atoms with Crippen molar-refractivity contribution in [3.05, 3.63) is 29.3 Å². The van der Waals surface area contributed by atoms with Crippen LogP contribution in [0.1, 0.15) is 24.0 Å². The van der Waals surface area contributed by atoms with Crippen LogP contribution in [0.5, 0.6) is 5.75 Å². The van der Waals surface area contributed by atoms with Gasteiger partial charge in [-0.05, 0) is 43.4 Å². The van der Waals surface area contributed by atoms with Gasteiger partial charge in [-0.25, -0.2) is 0 Å². The molecular formula is C19H31N5O2. The first-order valence-electron chi connectivity index (χ1n) is 9.13. The molecule has 7 heteroatoms. The number of amides is 1. The molecular weight excluding hydrogens is 330 g/mol. The van der Waals surface area contributed by atoms with Gasteiger partial charge in [-0.2, -0.15) is 0 Å². The zero-order valence-corrected chi connectivity index (χ0v) is 16.0. The second-order valence-corrected chi connectivity index (χ2v) is 6.71. The standard InChI is InChI=1S/C19H31N5O2/c1-14-4-5-15(12-17(14)26-3)6-9-22-19(21-2)23-16-7-10-24(11-8-16)13-18(20)25/h4-5,12,16H,6-11,13H2,1-3H3,(H2,20,25)(H2,21,22,23). The second kappa shape index (κ2) is 10.0. The quantitative estimate of drug-likeness (QED) is 0.490. The highest BCUT2D eigenvalue weighted by molar-refractivity contribution is 5.80. The summed E-state index contributed by atoms with van der Waals surface area (Å²) in [6.45, 7) is 4.94. The molecule has 0 unspecified atom stereocenters. The van der Waals surface area contributed by atoms with E-state index in [1.54, 1.807) is 14.2 Å². The summed E-state index contributed by atoms with van der Waals surface area (Å²) < 4.78 is 5.38. The summed E-state index contributed by atoms with van der Waals surface area (Å²) in [6.07, 6.45) is 2.85. The zero-order valence-electron chi connectivity index (χ0n) is 16.0. The number of piperidine rings is 1. The first kappa shape index (κ1) is 20.0. The second-order valence-electron chi connectivity index (χ2n) is 6.71. The number of rotatable bonds is 7. The van der Waals surface area contributed by atoms with Crippen LogP contribution in [0.15, 0.2) is 23.2 Å². The predicted molar refractivity (Wildman–Crippen MR) is 105 cm³/mol. The summed E-state index contributed by atoms with van der Waals surface area (Å²) in [5, 5.41) is 6.84. The molecule has 1 saturated heterocycles. The van der Waals surface area contributed by atoms with Gasteiger partial charge in [-0.15, -0.1) is 0 Å². The van der Waals surface area contributed by atoms with Crippen molar-refractivity contribution < 1.29 is 9.53 Å². The molecule has 1 aliphatic rings. The fraction of sp³-hybridized carbons (Fsp3) is 0.579. The van der Waals surface area contributed by atoms with E-state index in [0.29, 0.717) is 12.6 Å². The van der Waals surface area contributed by atoms with Crippen LogP contribution in [0.25, 0.3) is 0 Å². The molecule has 1 aromatic rings. The van der Waals surface area contributed by atoms with Crippen molar-refractivity contribution >= 4 is 11.9 Å². The third-order valence-corrected chi connectivity index (χ3v) is 4.71. The van der Waals surface area contributed by atoms with Crippen molar-refractivity contribution in [2.45, 2.75) is 32.2 Å². The number of guanidine groups is 1. The van der Waals surface area contributed by atoms with Gasteiger partial charge in [0.05, 0.1) is 13.7 Å². The van der Waals surface area contributed by atoms with Crippen LogP contribution in [0.2, 0.25) is 0 Å². The lowest BCUT2D eigenvalue weighted by atomic mass is 10.1. The van der Waals surface area contributed by atoms with E-state index in [0.717, 1.165) is 56.2 Å². The molecule has 0 atom stereocenters. The van der Waals surface area contributed by atoms with E-state index in [-0.39, 0.29) is 5.91 Å². The maximum Gasteiger partial charge on any atom is 0.231 e. The first-order valence-corrected chi connectivity index (χ1v) is 9.13. The Labute approximate surface area is 156 Å². The third kappa shape index (κ3) is 6.22. The number of methoxy groups -OCH3 is 1. The molecule has 2 rings (SSSR count). The van der Waals surface area contributed by atoms with Gasteiger partial charge in [-0.1, -0.05) is 12.1 Å². The van der Waals surface area contributed by atoms with Gasteiger partial charge in [-0.3, -0.25) is 14.7 Å². The monoisotopic (exact) mass is 361 g/mol. The number of ether oxygens (including phenoxy) is 1. The number of hydrogen-bond acceptors (Lipinski definition) is 4. The zero-order chi connectivity index (χ0) is 18.9. The molecule has 7 nitrogen and oxygen atoms in total. The Balaban J connectivity index is 1.74. The maximum absolute atomic E-state index is 11.0. The van der Waals surface area contributed by atoms with Gasteiger partial charge >= 0.3 is 0 Å². The smallest absolute Gasteiger partial charge is 0.231 e. The summed E-state index contributed by atoms with van der Waals surface area (Å²) in [7, 11) is 3.48. The Morgan fingerprint density at radius 3 is 2.73 bits per heavy atom. The highest BCUT2D eigenvalue weighted by Crippen LogP contribution is 2.19. The van der Waals surface area contributed by atoms with Gasteiger partial charge in [0.1, 0.15) is 5.75 Å². The molecule has 0 radical (unpaired) electrons. The highest BCUT2D eigenvalue weighted by atomic mass is 16.5. The van der Waals surface area contributed by atoms with Crippen molar-refractivity contribution in [2.24, 2.45) is 10.7 Å². The predicted octanol–water partition coefficient (Wildman–Crippen LogP) is 0.661. The molecule has 0 saturated carbocycles. The summed E-state index contributed by atoms with van der Waals surface area (Å²) in [4.78, 5) is 17.4. The fourth-order valence-electron chi connectivity index (χ4n) is 3.19. The Morgan fingerprint density at radius 1 is 1.38 bits per heavy atom. The molecule has 1 aromatic carbocycles. The summed E-state index contributed by atoms with van der Waals surface area (Å²) in [5.41, 5.74) is 7.63. The van der Waals surface area contributed by atoms with Gasteiger partial charge in [0, 0.05) is 32.7 Å². The average molecular weight is 361 g/mol. The normalized spacial score (nSPS) is 16.3. The summed E-state index contributed by atoms with van der Waals surface area (Å²) in [6, 6.07) is 6.66. The number of primary amides is 1. The molecule has 4 N–H and O–H groups in total. The SMILES string of the molecule is CN=C(NCCc1ccc(C)c(OC)c1)NC1CCN(CC(N)=O)CC1. The Kier molecular flexibility index (Phi) is 7.72. The Hall–Kier alpha value is -2.28. The topological polar surface area (TPSA) is 92.0 Å². The maximum atomic E-state index is 11.0. The van der Waals surface area contributed by atoms with E-state index < -0.39 is 0 Å². The Bertz CT molecular complexity index is 624. The van der Waals surface area contributed by atoms with Crippen molar-refractivity contribution in [3.63, 3.8) is 0 Å². The van der Waals surface area contributed by atoms with E-state index in [9.17, 15) is 4.79 Å². The number of likely N-dealkylation sites (tertiary alicyclic amines) is 1. The third-order valence-electron chi connectivity index (χ3n) is 4.71. The number of carbonyl (C=O) groups excluding carboxylic acids is 1. The molecule has 144 valence electrons. The Morgan fingerprint density at radius 2 is 2.12 bits per heavy atom. The molecule has 1 heterocycles. The molecule has 0 bridgehead atoms. The number of hydrogen-bond donors (Lipinski definition) is 3. The van der Waals surface area contributed by atoms with Crippen molar-refractivity contribution in [1.29, 1.82) is 0 Å². The van der Waals surface area contributed by atoms with Crippen LogP contribution in [-0.2, 0) is 11.2 Å². The van der Waals surface area contributed by atoms with Gasteiger partial charge < -0.3 is 21.1 Å². The number of benzene rings is 1. The van der Waals surface area contributed by atoms with Gasteiger partial charge in [0.25, 0.3) is 0 Å². The summed E-state index contributed by atoms with van der Waals surface area (Å²) >= 11 is 0. The number of aryl methyl sites for hydroxylation is 1. The molecule has 1 fully saturated rings. The highest BCUT2D eigenvalue weighted by Gasteiger charge is 2.20. The minimum absolute atomic E-state index is 0.262. The number of nitrogens with one attached hydrogen (secondary N) is 2. The number of nitrogens with zero attached hydrogens (tertiary/aromatic N) is 2. The fourth-order valence-corrected chi connectivity index (χ4v) is 3.19. The lowest BCUT2D eigenvalue weighted by Gasteiger charge is -2.32. The number of carbonyl (C=O) groups is 1. The van der Waals surface area contributed by atoms with E-state index in [4.69, 9.17) is 10.5 Å². The van der Waals surface area contributed by atoms with Crippen LogP contribution in [0, 0.1) is 6.92 Å². The van der Waals surface area contributed by atoms with E-state index in [2.05, 4.69) is 38.7 Å². The van der Waals surface area contributed by atoms with Crippen LogP contribution in [0.3, 0.4) is 0 Å². The van der Waals surface area contributed by atoms with Crippen molar-refractivity contribution in [3.8, 4) is 5.75 Å². The van der Waals surface area contributed by atoms with Gasteiger partial charge in [0.2, 0.25) is 5.91 Å². The molecule has 0 aliphatic carbocycles. The molecule has 0 spiro atoms. The van der Waals surface area contributed by atoms with E-state index >= 15 is 0 Å². The summed E-state index contributed by atoms with van der Waals surface area (Å²) in [5.74, 6) is 1.48. The van der Waals surface area contributed by atoms with Crippen LogP contribution in [-0.4, -0.2) is 63.1 Å². The van der Waals surface area contributed by atoms with Crippen molar-refractivity contribution in [2.75, 3.05) is 40.3 Å². The van der Waals surface area contributed by atoms with Crippen molar-refractivity contribution in [1.82, 2.24) is 15.5 Å². The minimum atomic E-state index is -0.262.